The molecule has 0 saturated heterocycles. The SMILES string of the molecule is Cc1c(CNCCCCN(C)C)cc(C#N)n1C. The highest BCUT2D eigenvalue weighted by Crippen LogP contribution is 2.12. The number of hydrogen-bond donors (Lipinski definition) is 1. The minimum Gasteiger partial charge on any atom is -0.340 e. The lowest BCUT2D eigenvalue weighted by Gasteiger charge is -2.09. The van der Waals surface area contributed by atoms with Crippen LogP contribution in [0.25, 0.3) is 0 Å². The van der Waals surface area contributed by atoms with E-state index in [0.29, 0.717) is 0 Å². The second-order valence-electron chi connectivity index (χ2n) is 5.00. The second kappa shape index (κ2) is 7.20. The van der Waals surface area contributed by atoms with Crippen LogP contribution in [0.3, 0.4) is 0 Å². The first-order chi connectivity index (χ1) is 8.56. The molecule has 0 fully saturated rings. The molecular weight excluding hydrogens is 224 g/mol. The number of unbranched alkanes of at least 4 members (excludes halogenated alkanes) is 1. The van der Waals surface area contributed by atoms with Gasteiger partial charge in [-0.15, -0.1) is 0 Å². The Balaban J connectivity index is 2.30. The number of nitrogens with one attached hydrogen (secondary N) is 1. The van der Waals surface area contributed by atoms with Crippen LogP contribution in [-0.2, 0) is 13.6 Å². The van der Waals surface area contributed by atoms with Crippen LogP contribution in [0.1, 0.15) is 29.8 Å². The van der Waals surface area contributed by atoms with Gasteiger partial charge in [0.05, 0.1) is 0 Å². The van der Waals surface area contributed by atoms with E-state index in [-0.39, 0.29) is 0 Å². The summed E-state index contributed by atoms with van der Waals surface area (Å²) in [6.45, 7) is 5.09. The van der Waals surface area contributed by atoms with Gasteiger partial charge in [0.2, 0.25) is 0 Å². The van der Waals surface area contributed by atoms with Crippen LogP contribution in [-0.4, -0.2) is 36.7 Å². The van der Waals surface area contributed by atoms with Gasteiger partial charge in [-0.25, -0.2) is 0 Å². The average Bonchev–Trinajstić information content (AvgIpc) is 2.60. The summed E-state index contributed by atoms with van der Waals surface area (Å²) in [4.78, 5) is 2.21. The first-order valence-electron chi connectivity index (χ1n) is 6.47. The van der Waals surface area contributed by atoms with Crippen molar-refractivity contribution in [2.75, 3.05) is 27.2 Å². The molecule has 0 aliphatic heterocycles. The van der Waals surface area contributed by atoms with Crippen molar-refractivity contribution >= 4 is 0 Å². The van der Waals surface area contributed by atoms with Crippen LogP contribution in [0.5, 0.6) is 0 Å². The minimum atomic E-state index is 0.733. The summed E-state index contributed by atoms with van der Waals surface area (Å²) in [5.74, 6) is 0. The molecule has 1 rings (SSSR count). The van der Waals surface area contributed by atoms with Crippen molar-refractivity contribution in [1.29, 1.82) is 5.26 Å². The highest BCUT2D eigenvalue weighted by Gasteiger charge is 2.07. The largest absolute Gasteiger partial charge is 0.340 e. The molecule has 0 bridgehead atoms. The Hall–Kier alpha value is -1.31. The average molecular weight is 248 g/mol. The molecule has 4 heteroatoms. The Bertz CT molecular complexity index is 412. The van der Waals surface area contributed by atoms with Crippen LogP contribution in [0.4, 0.5) is 0 Å². The van der Waals surface area contributed by atoms with Gasteiger partial charge in [-0.1, -0.05) is 0 Å². The Morgan fingerprint density at radius 1 is 1.39 bits per heavy atom. The third-order valence-electron chi connectivity index (χ3n) is 3.28. The maximum Gasteiger partial charge on any atom is 0.120 e. The fraction of sp³-hybridized carbons (Fsp3) is 0.643. The molecule has 0 amide bonds. The maximum atomic E-state index is 8.95. The van der Waals surface area contributed by atoms with Gasteiger partial charge in [0, 0.05) is 19.3 Å². The smallest absolute Gasteiger partial charge is 0.120 e. The first kappa shape index (κ1) is 14.7. The normalized spacial score (nSPS) is 10.9. The Kier molecular flexibility index (Phi) is 5.90. The van der Waals surface area contributed by atoms with Gasteiger partial charge in [0.25, 0.3) is 0 Å². The summed E-state index contributed by atoms with van der Waals surface area (Å²) < 4.78 is 1.95. The molecule has 0 aliphatic carbocycles. The molecule has 1 N–H and O–H groups in total. The van der Waals surface area contributed by atoms with E-state index in [9.17, 15) is 0 Å². The number of nitrogens with zero attached hydrogens (tertiary/aromatic N) is 3. The van der Waals surface area contributed by atoms with Crippen molar-refractivity contribution in [2.24, 2.45) is 7.05 Å². The van der Waals surface area contributed by atoms with Gasteiger partial charge < -0.3 is 14.8 Å². The van der Waals surface area contributed by atoms with Gasteiger partial charge in [-0.2, -0.15) is 5.26 Å². The molecule has 18 heavy (non-hydrogen) atoms. The lowest BCUT2D eigenvalue weighted by Crippen LogP contribution is -2.18. The van der Waals surface area contributed by atoms with Gasteiger partial charge >= 0.3 is 0 Å². The Morgan fingerprint density at radius 2 is 2.11 bits per heavy atom. The highest BCUT2D eigenvalue weighted by atomic mass is 15.0. The van der Waals surface area contributed by atoms with Crippen molar-refractivity contribution < 1.29 is 0 Å². The molecule has 0 radical (unpaired) electrons. The first-order valence-corrected chi connectivity index (χ1v) is 6.47. The third-order valence-corrected chi connectivity index (χ3v) is 3.28. The standard InChI is InChI=1S/C14H24N4/c1-12-13(9-14(10-15)18(12)4)11-16-7-5-6-8-17(2)3/h9,16H,5-8,11H2,1-4H3. The summed E-state index contributed by atoms with van der Waals surface area (Å²) in [6, 6.07) is 4.18. The van der Waals surface area contributed by atoms with Crippen molar-refractivity contribution in [1.82, 2.24) is 14.8 Å². The molecule has 1 heterocycles. The van der Waals surface area contributed by atoms with Crippen molar-refractivity contribution in [3.05, 3.63) is 23.0 Å². The number of rotatable bonds is 7. The van der Waals surface area contributed by atoms with E-state index < -0.39 is 0 Å². The van der Waals surface area contributed by atoms with E-state index in [2.05, 4.69) is 37.3 Å². The lowest BCUT2D eigenvalue weighted by atomic mass is 10.2. The molecule has 100 valence electrons. The zero-order valence-electron chi connectivity index (χ0n) is 12.0. The summed E-state index contributed by atoms with van der Waals surface area (Å²) in [6.07, 6.45) is 2.41. The van der Waals surface area contributed by atoms with Gasteiger partial charge in [0.1, 0.15) is 11.8 Å². The molecule has 1 aromatic rings. The molecular formula is C14H24N4. The molecule has 0 aromatic carbocycles. The highest BCUT2D eigenvalue weighted by molar-refractivity contribution is 5.33. The van der Waals surface area contributed by atoms with Crippen LogP contribution in [0.2, 0.25) is 0 Å². The fourth-order valence-corrected chi connectivity index (χ4v) is 1.95. The second-order valence-corrected chi connectivity index (χ2v) is 5.00. The van der Waals surface area contributed by atoms with Gasteiger partial charge in [-0.3, -0.25) is 0 Å². The molecule has 0 saturated carbocycles. The van der Waals surface area contributed by atoms with Crippen molar-refractivity contribution in [3.8, 4) is 6.07 Å². The summed E-state index contributed by atoms with van der Waals surface area (Å²) in [5, 5.41) is 12.4. The van der Waals surface area contributed by atoms with Crippen molar-refractivity contribution in [3.63, 3.8) is 0 Å². The van der Waals surface area contributed by atoms with Crippen LogP contribution >= 0.6 is 0 Å². The van der Waals surface area contributed by atoms with E-state index >= 15 is 0 Å². The zero-order chi connectivity index (χ0) is 13.5. The number of aromatic nitrogens is 1. The quantitative estimate of drug-likeness (QED) is 0.746. The number of hydrogen-bond acceptors (Lipinski definition) is 3. The Morgan fingerprint density at radius 3 is 2.67 bits per heavy atom. The molecule has 4 nitrogen and oxygen atoms in total. The van der Waals surface area contributed by atoms with E-state index in [0.717, 1.165) is 25.3 Å². The Labute approximate surface area is 110 Å². The van der Waals surface area contributed by atoms with Crippen molar-refractivity contribution in [2.45, 2.75) is 26.3 Å². The van der Waals surface area contributed by atoms with E-state index in [1.165, 1.54) is 24.1 Å². The lowest BCUT2D eigenvalue weighted by molar-refractivity contribution is 0.391. The summed E-state index contributed by atoms with van der Waals surface area (Å²) >= 11 is 0. The maximum absolute atomic E-state index is 8.95. The van der Waals surface area contributed by atoms with E-state index in [1.807, 2.05) is 17.7 Å². The van der Waals surface area contributed by atoms with Crippen LogP contribution < -0.4 is 5.32 Å². The van der Waals surface area contributed by atoms with Crippen LogP contribution in [0.15, 0.2) is 6.07 Å². The third kappa shape index (κ3) is 4.17. The monoisotopic (exact) mass is 248 g/mol. The molecule has 0 atom stereocenters. The number of nitriles is 1. The predicted octanol–water partition coefficient (Wildman–Crippen LogP) is 1.64. The molecule has 0 unspecified atom stereocenters. The van der Waals surface area contributed by atoms with Gasteiger partial charge in [0.15, 0.2) is 0 Å². The fourth-order valence-electron chi connectivity index (χ4n) is 1.95. The summed E-state index contributed by atoms with van der Waals surface area (Å²) in [7, 11) is 6.14. The topological polar surface area (TPSA) is 44.0 Å². The molecule has 1 aromatic heterocycles. The minimum absolute atomic E-state index is 0.733. The van der Waals surface area contributed by atoms with E-state index in [1.54, 1.807) is 0 Å². The molecule has 0 aliphatic rings. The summed E-state index contributed by atoms with van der Waals surface area (Å²) in [5.41, 5.74) is 3.13. The van der Waals surface area contributed by atoms with E-state index in [4.69, 9.17) is 5.26 Å². The zero-order valence-corrected chi connectivity index (χ0v) is 12.0. The molecule has 0 spiro atoms. The predicted molar refractivity (Wildman–Crippen MR) is 74.4 cm³/mol. The van der Waals surface area contributed by atoms with Gasteiger partial charge in [-0.05, 0) is 58.6 Å². The van der Waals surface area contributed by atoms with Crippen LogP contribution in [0, 0.1) is 18.3 Å².